The minimum Gasteiger partial charge on any atom is -0.497 e. The van der Waals surface area contributed by atoms with Crippen molar-refractivity contribution in [2.45, 2.75) is 18.7 Å². The molecule has 2 aromatic carbocycles. The van der Waals surface area contributed by atoms with Crippen LogP contribution in [0.5, 0.6) is 11.5 Å². The summed E-state index contributed by atoms with van der Waals surface area (Å²) in [5.74, 6) is -0.681. The predicted octanol–water partition coefficient (Wildman–Crippen LogP) is 1.99. The van der Waals surface area contributed by atoms with E-state index in [4.69, 9.17) is 4.74 Å². The molecule has 0 aliphatic carbocycles. The van der Waals surface area contributed by atoms with E-state index < -0.39 is 24.1 Å². The number of fused-ring (bicyclic) bond motifs is 1. The Morgan fingerprint density at radius 1 is 1.13 bits per heavy atom. The first-order valence-corrected chi connectivity index (χ1v) is 8.97. The Hall–Kier alpha value is -3.69. The van der Waals surface area contributed by atoms with Crippen LogP contribution in [0.3, 0.4) is 0 Å². The molecule has 0 spiro atoms. The molecule has 1 fully saturated rings. The summed E-state index contributed by atoms with van der Waals surface area (Å²) in [7, 11) is 1.49. The lowest BCUT2D eigenvalue weighted by atomic mass is 9.89. The number of nitrogens with zero attached hydrogens (tertiary/aromatic N) is 1. The number of hydrogen-bond acceptors (Lipinski definition) is 5. The van der Waals surface area contributed by atoms with Gasteiger partial charge in [-0.05, 0) is 35.4 Å². The Morgan fingerprint density at radius 3 is 2.60 bits per heavy atom. The number of nitrogens with one attached hydrogen (secondary N) is 2. The van der Waals surface area contributed by atoms with Crippen molar-refractivity contribution in [2.24, 2.45) is 0 Å². The summed E-state index contributed by atoms with van der Waals surface area (Å²) in [5, 5.41) is 4.71. The van der Waals surface area contributed by atoms with Gasteiger partial charge in [0.1, 0.15) is 11.5 Å². The minimum absolute atomic E-state index is 0.170. The minimum atomic E-state index is -3.05. The lowest BCUT2D eigenvalue weighted by Crippen LogP contribution is -2.52. The second-order valence-electron chi connectivity index (χ2n) is 6.90. The Kier molecular flexibility index (Phi) is 4.76. The van der Waals surface area contributed by atoms with Crippen molar-refractivity contribution in [2.75, 3.05) is 13.7 Å². The molecule has 4 rings (SSSR count). The molecule has 2 N–H and O–H groups in total. The summed E-state index contributed by atoms with van der Waals surface area (Å²) in [6, 6.07) is 9.82. The van der Waals surface area contributed by atoms with Gasteiger partial charge in [0.15, 0.2) is 5.54 Å². The molecule has 1 atom stereocenters. The van der Waals surface area contributed by atoms with Gasteiger partial charge in [-0.3, -0.25) is 14.9 Å². The van der Waals surface area contributed by atoms with Gasteiger partial charge in [0.05, 0.1) is 13.7 Å². The van der Waals surface area contributed by atoms with Crippen LogP contribution >= 0.6 is 0 Å². The molecule has 0 saturated carbocycles. The van der Waals surface area contributed by atoms with E-state index in [9.17, 15) is 23.2 Å². The molecule has 2 aliphatic heterocycles. The number of ether oxygens (including phenoxy) is 2. The molecule has 156 valence electrons. The van der Waals surface area contributed by atoms with Gasteiger partial charge >= 0.3 is 12.6 Å². The number of hydrogen-bond donors (Lipinski definition) is 2. The van der Waals surface area contributed by atoms with E-state index in [-0.39, 0.29) is 30.3 Å². The van der Waals surface area contributed by atoms with Gasteiger partial charge in [0.2, 0.25) is 0 Å². The van der Waals surface area contributed by atoms with Crippen molar-refractivity contribution in [1.29, 1.82) is 0 Å². The molecule has 10 heteroatoms. The van der Waals surface area contributed by atoms with E-state index in [1.807, 2.05) is 0 Å². The molecule has 0 bridgehead atoms. The molecule has 4 amide bonds. The van der Waals surface area contributed by atoms with Crippen LogP contribution in [0.2, 0.25) is 0 Å². The van der Waals surface area contributed by atoms with Gasteiger partial charge in [-0.1, -0.05) is 18.2 Å². The van der Waals surface area contributed by atoms with E-state index >= 15 is 0 Å². The van der Waals surface area contributed by atoms with Crippen LogP contribution in [0.4, 0.5) is 13.6 Å². The van der Waals surface area contributed by atoms with Crippen LogP contribution in [-0.4, -0.2) is 43.0 Å². The maximum atomic E-state index is 12.9. The van der Waals surface area contributed by atoms with E-state index in [1.165, 1.54) is 36.3 Å². The molecule has 2 heterocycles. The number of rotatable bonds is 6. The number of carbonyl (C=O) groups excluding carboxylic acids is 3. The molecule has 8 nitrogen and oxygen atoms in total. The first kappa shape index (κ1) is 19.6. The van der Waals surface area contributed by atoms with Gasteiger partial charge in [-0.25, -0.2) is 4.79 Å². The van der Waals surface area contributed by atoms with Gasteiger partial charge in [0.25, 0.3) is 11.8 Å². The number of imide groups is 1. The molecule has 1 saturated heterocycles. The highest BCUT2D eigenvalue weighted by atomic mass is 19.3. The number of benzene rings is 2. The quantitative estimate of drug-likeness (QED) is 0.701. The van der Waals surface area contributed by atoms with E-state index in [1.54, 1.807) is 18.2 Å². The van der Waals surface area contributed by atoms with Gasteiger partial charge in [0, 0.05) is 12.1 Å². The summed E-state index contributed by atoms with van der Waals surface area (Å²) >= 11 is 0. The lowest BCUT2D eigenvalue weighted by molar-refractivity contribution is -0.124. The zero-order valence-electron chi connectivity index (χ0n) is 15.8. The molecular weight excluding hydrogens is 400 g/mol. The van der Waals surface area contributed by atoms with Crippen LogP contribution in [-0.2, 0) is 16.9 Å². The van der Waals surface area contributed by atoms with Crippen LogP contribution in [0, 0.1) is 0 Å². The monoisotopic (exact) mass is 417 g/mol. The van der Waals surface area contributed by atoms with E-state index in [2.05, 4.69) is 15.4 Å². The Balaban J connectivity index is 1.69. The van der Waals surface area contributed by atoms with Gasteiger partial charge < -0.3 is 19.7 Å². The van der Waals surface area contributed by atoms with Crippen LogP contribution in [0.15, 0.2) is 42.5 Å². The number of methoxy groups -OCH3 is 1. The summed E-state index contributed by atoms with van der Waals surface area (Å²) in [5.41, 5.74) is -0.259. The standard InChI is InChI=1S/C20H17F2N3O5/c1-29-13-6-5-11-9-25(16(26)15(11)8-13)10-20(17(27)23-19(28)24-20)12-3-2-4-14(7-12)30-18(21)22/h2-8,18H,9-10H2,1H3,(H2,23,24,27,28)/t20-/m0/s1. The van der Waals surface area contributed by atoms with Gasteiger partial charge in [-0.2, -0.15) is 8.78 Å². The number of amides is 4. The SMILES string of the molecule is COc1ccc2c(c1)C(=O)N(C[C@@]1(c3cccc(OC(F)F)c3)NC(=O)NC1=O)C2. The normalized spacial score (nSPS) is 20.3. The van der Waals surface area contributed by atoms with Crippen LogP contribution < -0.4 is 20.1 Å². The van der Waals surface area contributed by atoms with Crippen molar-refractivity contribution >= 4 is 17.8 Å². The number of alkyl halides is 2. The third-order valence-electron chi connectivity index (χ3n) is 5.12. The maximum Gasteiger partial charge on any atom is 0.387 e. The molecule has 0 radical (unpaired) electrons. The average molecular weight is 417 g/mol. The number of urea groups is 1. The topological polar surface area (TPSA) is 97.0 Å². The number of halogens is 2. The maximum absolute atomic E-state index is 12.9. The van der Waals surface area contributed by atoms with Crippen LogP contribution in [0.1, 0.15) is 21.5 Å². The molecule has 0 aromatic heterocycles. The molecular formula is C20H17F2N3O5. The lowest BCUT2D eigenvalue weighted by Gasteiger charge is -2.31. The Labute approximate surface area is 169 Å². The van der Waals surface area contributed by atoms with E-state index in [0.717, 1.165) is 5.56 Å². The zero-order valence-corrected chi connectivity index (χ0v) is 15.8. The molecule has 0 unspecified atom stereocenters. The molecule has 2 aliphatic rings. The Morgan fingerprint density at radius 2 is 1.93 bits per heavy atom. The highest BCUT2D eigenvalue weighted by Gasteiger charge is 2.50. The zero-order chi connectivity index (χ0) is 21.5. The number of carbonyl (C=O) groups is 3. The van der Waals surface area contributed by atoms with E-state index in [0.29, 0.717) is 11.3 Å². The fraction of sp³-hybridized carbons (Fsp3) is 0.250. The average Bonchev–Trinajstić information content (AvgIpc) is 3.17. The molecule has 30 heavy (non-hydrogen) atoms. The first-order valence-electron chi connectivity index (χ1n) is 8.97. The highest BCUT2D eigenvalue weighted by Crippen LogP contribution is 2.33. The Bertz CT molecular complexity index is 1040. The highest BCUT2D eigenvalue weighted by molar-refractivity contribution is 6.08. The first-order chi connectivity index (χ1) is 14.3. The third kappa shape index (κ3) is 3.30. The fourth-order valence-corrected chi connectivity index (χ4v) is 3.72. The molecule has 2 aromatic rings. The van der Waals surface area contributed by atoms with Crippen molar-refractivity contribution in [3.05, 3.63) is 59.2 Å². The fourth-order valence-electron chi connectivity index (χ4n) is 3.72. The van der Waals surface area contributed by atoms with Crippen LogP contribution in [0.25, 0.3) is 0 Å². The van der Waals surface area contributed by atoms with Gasteiger partial charge in [-0.15, -0.1) is 0 Å². The summed E-state index contributed by atoms with van der Waals surface area (Å²) in [4.78, 5) is 39.1. The van der Waals surface area contributed by atoms with Crippen molar-refractivity contribution in [3.8, 4) is 11.5 Å². The second-order valence-corrected chi connectivity index (χ2v) is 6.90. The predicted molar refractivity (Wildman–Crippen MR) is 99.2 cm³/mol. The summed E-state index contributed by atoms with van der Waals surface area (Å²) in [6.07, 6.45) is 0. The van der Waals surface area contributed by atoms with Crippen molar-refractivity contribution < 1.29 is 32.6 Å². The summed E-state index contributed by atoms with van der Waals surface area (Å²) < 4.78 is 34.8. The van der Waals surface area contributed by atoms with Crippen molar-refractivity contribution in [3.63, 3.8) is 0 Å². The smallest absolute Gasteiger partial charge is 0.387 e. The second kappa shape index (κ2) is 7.29. The van der Waals surface area contributed by atoms with Crippen molar-refractivity contribution in [1.82, 2.24) is 15.5 Å². The third-order valence-corrected chi connectivity index (χ3v) is 5.12. The summed E-state index contributed by atoms with van der Waals surface area (Å²) in [6.45, 7) is -3.03. The largest absolute Gasteiger partial charge is 0.497 e.